The van der Waals surface area contributed by atoms with Gasteiger partial charge < -0.3 is 15.2 Å². The summed E-state index contributed by atoms with van der Waals surface area (Å²) in [5.41, 5.74) is 6.76. The highest BCUT2D eigenvalue weighted by Gasteiger charge is 2.09. The molecule has 0 amide bonds. The summed E-state index contributed by atoms with van der Waals surface area (Å²) in [6, 6.07) is 6.08. The van der Waals surface area contributed by atoms with Gasteiger partial charge in [0.25, 0.3) is 0 Å². The van der Waals surface area contributed by atoms with E-state index in [1.54, 1.807) is 0 Å². The van der Waals surface area contributed by atoms with Crippen LogP contribution in [0.25, 0.3) is 0 Å². The van der Waals surface area contributed by atoms with Gasteiger partial charge in [0.1, 0.15) is 0 Å². The van der Waals surface area contributed by atoms with E-state index in [4.69, 9.17) is 15.2 Å². The summed E-state index contributed by atoms with van der Waals surface area (Å²) in [6.45, 7) is 7.53. The molecule has 0 aliphatic heterocycles. The molecule has 18 heavy (non-hydrogen) atoms. The van der Waals surface area contributed by atoms with Gasteiger partial charge in [-0.3, -0.25) is 0 Å². The van der Waals surface area contributed by atoms with E-state index >= 15 is 0 Å². The van der Waals surface area contributed by atoms with Crippen LogP contribution in [0.15, 0.2) is 18.2 Å². The zero-order chi connectivity index (χ0) is 13.4. The smallest absolute Gasteiger partial charge is 0.161 e. The fourth-order valence-corrected chi connectivity index (χ4v) is 1.92. The fourth-order valence-electron chi connectivity index (χ4n) is 1.92. The van der Waals surface area contributed by atoms with Crippen molar-refractivity contribution in [2.24, 2.45) is 5.73 Å². The van der Waals surface area contributed by atoms with Gasteiger partial charge in [0, 0.05) is 0 Å². The van der Waals surface area contributed by atoms with Gasteiger partial charge in [-0.1, -0.05) is 19.4 Å². The van der Waals surface area contributed by atoms with E-state index in [1.807, 2.05) is 19.1 Å². The molecule has 0 aliphatic carbocycles. The van der Waals surface area contributed by atoms with Gasteiger partial charge in [0.15, 0.2) is 11.5 Å². The molecule has 0 spiro atoms. The molecule has 0 heterocycles. The molecule has 3 heteroatoms. The predicted molar refractivity (Wildman–Crippen MR) is 75.4 cm³/mol. The van der Waals surface area contributed by atoms with Crippen LogP contribution < -0.4 is 15.2 Å². The maximum Gasteiger partial charge on any atom is 0.161 e. The number of rotatable bonds is 8. The monoisotopic (exact) mass is 251 g/mol. The lowest BCUT2D eigenvalue weighted by atomic mass is 10.1. The molecular formula is C15H25NO2. The van der Waals surface area contributed by atoms with Crippen molar-refractivity contribution in [2.45, 2.75) is 46.1 Å². The van der Waals surface area contributed by atoms with Crippen LogP contribution in [-0.4, -0.2) is 19.3 Å². The zero-order valence-corrected chi connectivity index (χ0v) is 11.7. The first-order valence-electron chi connectivity index (χ1n) is 6.83. The summed E-state index contributed by atoms with van der Waals surface area (Å²) in [6.07, 6.45) is 3.26. The second kappa shape index (κ2) is 7.98. The molecule has 3 nitrogen and oxygen atoms in total. The summed E-state index contributed by atoms with van der Waals surface area (Å²) in [4.78, 5) is 0. The van der Waals surface area contributed by atoms with E-state index in [0.29, 0.717) is 13.2 Å². The molecule has 1 aromatic rings. The van der Waals surface area contributed by atoms with Crippen LogP contribution in [0.4, 0.5) is 0 Å². The third kappa shape index (κ3) is 4.57. The average Bonchev–Trinajstić information content (AvgIpc) is 2.33. The molecule has 0 aromatic heterocycles. The highest BCUT2D eigenvalue weighted by Crippen LogP contribution is 2.30. The summed E-state index contributed by atoms with van der Waals surface area (Å²) >= 11 is 0. The molecule has 0 aliphatic rings. The Balaban J connectivity index is 2.81. The largest absolute Gasteiger partial charge is 0.490 e. The Morgan fingerprint density at radius 2 is 2.00 bits per heavy atom. The first-order chi connectivity index (χ1) is 8.71. The van der Waals surface area contributed by atoms with E-state index in [2.05, 4.69) is 19.9 Å². The van der Waals surface area contributed by atoms with Crippen molar-refractivity contribution in [3.05, 3.63) is 23.8 Å². The maximum atomic E-state index is 5.92. The SMILES string of the molecule is CCCC(C)Oc1ccc(CCN)cc1OCC. The summed E-state index contributed by atoms with van der Waals surface area (Å²) in [5, 5.41) is 0. The highest BCUT2D eigenvalue weighted by atomic mass is 16.5. The number of hydrogen-bond acceptors (Lipinski definition) is 3. The van der Waals surface area contributed by atoms with Gasteiger partial charge in [-0.15, -0.1) is 0 Å². The number of hydrogen-bond donors (Lipinski definition) is 1. The molecule has 1 unspecified atom stereocenters. The van der Waals surface area contributed by atoms with Gasteiger partial charge >= 0.3 is 0 Å². The van der Waals surface area contributed by atoms with E-state index < -0.39 is 0 Å². The van der Waals surface area contributed by atoms with Crippen molar-refractivity contribution in [2.75, 3.05) is 13.2 Å². The van der Waals surface area contributed by atoms with Crippen molar-refractivity contribution in [1.82, 2.24) is 0 Å². The summed E-state index contributed by atoms with van der Waals surface area (Å²) < 4.78 is 11.6. The Bertz CT molecular complexity index is 352. The molecule has 0 saturated heterocycles. The molecule has 0 saturated carbocycles. The zero-order valence-electron chi connectivity index (χ0n) is 11.7. The Kier molecular flexibility index (Phi) is 6.58. The number of ether oxygens (including phenoxy) is 2. The number of benzene rings is 1. The third-order valence-electron chi connectivity index (χ3n) is 2.76. The minimum absolute atomic E-state index is 0.217. The normalized spacial score (nSPS) is 12.2. The molecule has 1 rings (SSSR count). The van der Waals surface area contributed by atoms with Crippen LogP contribution in [0.5, 0.6) is 11.5 Å². The van der Waals surface area contributed by atoms with Crippen LogP contribution in [0, 0.1) is 0 Å². The molecule has 2 N–H and O–H groups in total. The van der Waals surface area contributed by atoms with Crippen molar-refractivity contribution < 1.29 is 9.47 Å². The maximum absolute atomic E-state index is 5.92. The van der Waals surface area contributed by atoms with Gasteiger partial charge in [-0.25, -0.2) is 0 Å². The van der Waals surface area contributed by atoms with Crippen LogP contribution in [-0.2, 0) is 6.42 Å². The van der Waals surface area contributed by atoms with E-state index in [9.17, 15) is 0 Å². The van der Waals surface area contributed by atoms with Crippen molar-refractivity contribution >= 4 is 0 Å². The van der Waals surface area contributed by atoms with Gasteiger partial charge in [0.2, 0.25) is 0 Å². The average molecular weight is 251 g/mol. The molecular weight excluding hydrogens is 226 g/mol. The molecule has 0 radical (unpaired) electrons. The van der Waals surface area contributed by atoms with Crippen LogP contribution in [0.3, 0.4) is 0 Å². The van der Waals surface area contributed by atoms with E-state index in [0.717, 1.165) is 30.8 Å². The third-order valence-corrected chi connectivity index (χ3v) is 2.76. The molecule has 1 atom stereocenters. The van der Waals surface area contributed by atoms with Crippen LogP contribution in [0.2, 0.25) is 0 Å². The first kappa shape index (κ1) is 14.8. The Labute approximate surface area is 110 Å². The molecule has 0 fully saturated rings. The lowest BCUT2D eigenvalue weighted by molar-refractivity contribution is 0.197. The standard InChI is InChI=1S/C15H25NO2/c1-4-6-12(3)18-14-8-7-13(9-10-16)11-15(14)17-5-2/h7-8,11-12H,4-6,9-10,16H2,1-3H3. The fraction of sp³-hybridized carbons (Fsp3) is 0.600. The Hall–Kier alpha value is -1.22. The molecule has 0 bridgehead atoms. The minimum Gasteiger partial charge on any atom is -0.490 e. The lowest BCUT2D eigenvalue weighted by Crippen LogP contribution is -2.12. The predicted octanol–water partition coefficient (Wildman–Crippen LogP) is 3.15. The van der Waals surface area contributed by atoms with Crippen molar-refractivity contribution in [3.63, 3.8) is 0 Å². The van der Waals surface area contributed by atoms with E-state index in [1.165, 1.54) is 5.56 Å². The van der Waals surface area contributed by atoms with Crippen LogP contribution >= 0.6 is 0 Å². The van der Waals surface area contributed by atoms with Crippen molar-refractivity contribution in [1.29, 1.82) is 0 Å². The molecule has 1 aromatic carbocycles. The topological polar surface area (TPSA) is 44.5 Å². The summed E-state index contributed by atoms with van der Waals surface area (Å²) in [5.74, 6) is 1.66. The Morgan fingerprint density at radius 3 is 2.61 bits per heavy atom. The second-order valence-corrected chi connectivity index (χ2v) is 4.47. The van der Waals surface area contributed by atoms with E-state index in [-0.39, 0.29) is 6.10 Å². The van der Waals surface area contributed by atoms with Gasteiger partial charge in [-0.2, -0.15) is 0 Å². The van der Waals surface area contributed by atoms with Gasteiger partial charge in [0.05, 0.1) is 12.7 Å². The lowest BCUT2D eigenvalue weighted by Gasteiger charge is -2.17. The quantitative estimate of drug-likeness (QED) is 0.772. The summed E-state index contributed by atoms with van der Waals surface area (Å²) in [7, 11) is 0. The van der Waals surface area contributed by atoms with Gasteiger partial charge in [-0.05, 0) is 50.9 Å². The second-order valence-electron chi connectivity index (χ2n) is 4.47. The number of nitrogens with two attached hydrogens (primary N) is 1. The van der Waals surface area contributed by atoms with Crippen molar-refractivity contribution in [3.8, 4) is 11.5 Å². The van der Waals surface area contributed by atoms with Crippen LogP contribution in [0.1, 0.15) is 39.2 Å². The first-order valence-corrected chi connectivity index (χ1v) is 6.83. The highest BCUT2D eigenvalue weighted by molar-refractivity contribution is 5.43. The minimum atomic E-state index is 0.217. The Morgan fingerprint density at radius 1 is 1.22 bits per heavy atom. The molecule has 102 valence electrons.